The van der Waals surface area contributed by atoms with Gasteiger partial charge in [-0.25, -0.2) is 0 Å². The third-order valence-electron chi connectivity index (χ3n) is 1.84. The lowest BCUT2D eigenvalue weighted by atomic mass is 10.1. The first-order valence-corrected chi connectivity index (χ1v) is 4.42. The van der Waals surface area contributed by atoms with Crippen LogP contribution in [0, 0.1) is 6.92 Å². The van der Waals surface area contributed by atoms with Gasteiger partial charge in [-0.05, 0) is 18.6 Å². The van der Waals surface area contributed by atoms with Crippen LogP contribution in [-0.2, 0) is 0 Å². The monoisotopic (exact) mass is 206 g/mol. The first-order valence-electron chi connectivity index (χ1n) is 4.04. The molecule has 0 aliphatic rings. The molecule has 0 amide bonds. The summed E-state index contributed by atoms with van der Waals surface area (Å²) in [5.41, 5.74) is 1.84. The van der Waals surface area contributed by atoms with Crippen LogP contribution in [0.5, 0.6) is 0 Å². The molecule has 14 heavy (non-hydrogen) atoms. The predicted molar refractivity (Wildman–Crippen MR) is 52.8 cm³/mol. The Hall–Kier alpha value is -1.55. The molecule has 0 radical (unpaired) electrons. The first kappa shape index (κ1) is 9.02. The maximum absolute atomic E-state index is 5.97. The molecule has 4 nitrogen and oxygen atoms in total. The zero-order valence-electron chi connectivity index (χ0n) is 7.48. The average molecular weight is 207 g/mol. The van der Waals surface area contributed by atoms with Gasteiger partial charge in [-0.15, -0.1) is 20.4 Å². The molecule has 1 aromatic carbocycles. The zero-order valence-corrected chi connectivity index (χ0v) is 8.23. The van der Waals surface area contributed by atoms with Gasteiger partial charge in [0.1, 0.15) is 0 Å². The standard InChI is InChI=1S/C9H7ClN4/c1-6-2-3-7(4-8(6)10)9-13-11-5-12-14-9/h2-5H,1H3. The Morgan fingerprint density at radius 2 is 1.86 bits per heavy atom. The Balaban J connectivity index is 2.48. The summed E-state index contributed by atoms with van der Waals surface area (Å²) in [6.45, 7) is 1.94. The molecular weight excluding hydrogens is 200 g/mol. The lowest BCUT2D eigenvalue weighted by molar-refractivity contribution is 0.864. The van der Waals surface area contributed by atoms with Gasteiger partial charge in [0.15, 0.2) is 6.33 Å². The maximum Gasteiger partial charge on any atom is 0.203 e. The largest absolute Gasteiger partial charge is 0.203 e. The van der Waals surface area contributed by atoms with Gasteiger partial charge in [-0.1, -0.05) is 23.7 Å². The van der Waals surface area contributed by atoms with Gasteiger partial charge in [-0.2, -0.15) is 0 Å². The highest BCUT2D eigenvalue weighted by atomic mass is 35.5. The topological polar surface area (TPSA) is 51.6 Å². The Morgan fingerprint density at radius 3 is 2.50 bits per heavy atom. The molecule has 0 N–H and O–H groups in total. The summed E-state index contributed by atoms with van der Waals surface area (Å²) in [5, 5.41) is 15.7. The summed E-state index contributed by atoms with van der Waals surface area (Å²) in [6, 6.07) is 5.60. The van der Waals surface area contributed by atoms with Gasteiger partial charge in [0.05, 0.1) is 0 Å². The van der Waals surface area contributed by atoms with E-state index in [-0.39, 0.29) is 0 Å². The minimum Gasteiger partial charge on any atom is -0.135 e. The van der Waals surface area contributed by atoms with E-state index in [9.17, 15) is 0 Å². The van der Waals surface area contributed by atoms with E-state index >= 15 is 0 Å². The second kappa shape index (κ2) is 3.67. The van der Waals surface area contributed by atoms with Gasteiger partial charge < -0.3 is 0 Å². The van der Waals surface area contributed by atoms with Crippen LogP contribution in [0.4, 0.5) is 0 Å². The number of halogens is 1. The Morgan fingerprint density at radius 1 is 1.14 bits per heavy atom. The fourth-order valence-corrected chi connectivity index (χ4v) is 1.23. The van der Waals surface area contributed by atoms with E-state index in [1.54, 1.807) is 6.07 Å². The van der Waals surface area contributed by atoms with Crippen LogP contribution in [0.25, 0.3) is 11.4 Å². The number of hydrogen-bond acceptors (Lipinski definition) is 4. The SMILES string of the molecule is Cc1ccc(-c2nncnn2)cc1Cl. The minimum absolute atomic E-state index is 0.481. The van der Waals surface area contributed by atoms with Crippen molar-refractivity contribution in [1.29, 1.82) is 0 Å². The van der Waals surface area contributed by atoms with Crippen LogP contribution in [0.3, 0.4) is 0 Å². The van der Waals surface area contributed by atoms with E-state index in [0.717, 1.165) is 11.1 Å². The van der Waals surface area contributed by atoms with Gasteiger partial charge >= 0.3 is 0 Å². The smallest absolute Gasteiger partial charge is 0.135 e. The molecule has 0 fully saturated rings. The van der Waals surface area contributed by atoms with E-state index < -0.39 is 0 Å². The summed E-state index contributed by atoms with van der Waals surface area (Å²) in [4.78, 5) is 0. The number of nitrogens with zero attached hydrogens (tertiary/aromatic N) is 4. The van der Waals surface area contributed by atoms with E-state index in [1.165, 1.54) is 6.33 Å². The van der Waals surface area contributed by atoms with Crippen LogP contribution < -0.4 is 0 Å². The molecular formula is C9H7ClN4. The van der Waals surface area contributed by atoms with Crippen molar-refractivity contribution >= 4 is 11.6 Å². The highest BCUT2D eigenvalue weighted by Gasteiger charge is 2.03. The average Bonchev–Trinajstić information content (AvgIpc) is 2.23. The molecule has 0 aliphatic heterocycles. The van der Waals surface area contributed by atoms with Crippen LogP contribution in [0.2, 0.25) is 5.02 Å². The van der Waals surface area contributed by atoms with Crippen LogP contribution in [0.15, 0.2) is 24.5 Å². The molecule has 2 aromatic rings. The van der Waals surface area contributed by atoms with E-state index in [2.05, 4.69) is 20.4 Å². The number of hydrogen-bond donors (Lipinski definition) is 0. The van der Waals surface area contributed by atoms with Crippen molar-refractivity contribution in [2.75, 3.05) is 0 Å². The van der Waals surface area contributed by atoms with Crippen LogP contribution >= 0.6 is 11.6 Å². The van der Waals surface area contributed by atoms with Crippen molar-refractivity contribution in [2.24, 2.45) is 0 Å². The molecule has 2 rings (SSSR count). The highest BCUT2D eigenvalue weighted by Crippen LogP contribution is 2.21. The fraction of sp³-hybridized carbons (Fsp3) is 0.111. The molecule has 1 heterocycles. The summed E-state index contributed by atoms with van der Waals surface area (Å²) in [6.07, 6.45) is 1.29. The quantitative estimate of drug-likeness (QED) is 0.715. The second-order valence-corrected chi connectivity index (χ2v) is 3.24. The molecule has 5 heteroatoms. The van der Waals surface area contributed by atoms with E-state index in [1.807, 2.05) is 19.1 Å². The second-order valence-electron chi connectivity index (χ2n) is 2.83. The third kappa shape index (κ3) is 1.70. The first-order chi connectivity index (χ1) is 6.77. The Kier molecular flexibility index (Phi) is 2.37. The number of rotatable bonds is 1. The lowest BCUT2D eigenvalue weighted by Crippen LogP contribution is -1.93. The lowest BCUT2D eigenvalue weighted by Gasteiger charge is -2.00. The van der Waals surface area contributed by atoms with Crippen molar-refractivity contribution in [2.45, 2.75) is 6.92 Å². The molecule has 0 saturated carbocycles. The van der Waals surface area contributed by atoms with Crippen LogP contribution in [-0.4, -0.2) is 20.4 Å². The van der Waals surface area contributed by atoms with E-state index in [0.29, 0.717) is 10.8 Å². The highest BCUT2D eigenvalue weighted by molar-refractivity contribution is 6.31. The van der Waals surface area contributed by atoms with Gasteiger partial charge in [0.2, 0.25) is 5.82 Å². The van der Waals surface area contributed by atoms with Gasteiger partial charge in [0.25, 0.3) is 0 Å². The van der Waals surface area contributed by atoms with E-state index in [4.69, 9.17) is 11.6 Å². The molecule has 1 aromatic heterocycles. The minimum atomic E-state index is 0.481. The molecule has 70 valence electrons. The van der Waals surface area contributed by atoms with Crippen molar-refractivity contribution in [1.82, 2.24) is 20.4 Å². The molecule has 0 aliphatic carbocycles. The number of benzene rings is 1. The number of aryl methyl sites for hydroxylation is 1. The summed E-state index contributed by atoms with van der Waals surface area (Å²) in [7, 11) is 0. The normalized spacial score (nSPS) is 10.1. The number of aromatic nitrogens is 4. The molecule has 0 unspecified atom stereocenters. The fourth-order valence-electron chi connectivity index (χ4n) is 1.05. The van der Waals surface area contributed by atoms with Crippen molar-refractivity contribution in [3.05, 3.63) is 35.1 Å². The molecule has 0 spiro atoms. The summed E-state index contributed by atoms with van der Waals surface area (Å²) in [5.74, 6) is 0.481. The van der Waals surface area contributed by atoms with Gasteiger partial charge in [-0.3, -0.25) is 0 Å². The van der Waals surface area contributed by atoms with Crippen LogP contribution in [0.1, 0.15) is 5.56 Å². The zero-order chi connectivity index (χ0) is 9.97. The molecule has 0 bridgehead atoms. The van der Waals surface area contributed by atoms with Gasteiger partial charge in [0, 0.05) is 10.6 Å². The molecule has 0 saturated heterocycles. The Labute approximate surface area is 86.0 Å². The van der Waals surface area contributed by atoms with Crippen molar-refractivity contribution in [3.8, 4) is 11.4 Å². The Bertz CT molecular complexity index is 444. The predicted octanol–water partition coefficient (Wildman–Crippen LogP) is 1.90. The third-order valence-corrected chi connectivity index (χ3v) is 2.25. The molecule has 0 atom stereocenters. The summed E-state index contributed by atoms with van der Waals surface area (Å²) < 4.78 is 0. The maximum atomic E-state index is 5.97. The summed E-state index contributed by atoms with van der Waals surface area (Å²) >= 11 is 5.97. The van der Waals surface area contributed by atoms with Crippen molar-refractivity contribution in [3.63, 3.8) is 0 Å². The van der Waals surface area contributed by atoms with Crippen molar-refractivity contribution < 1.29 is 0 Å².